The van der Waals surface area contributed by atoms with Crippen molar-refractivity contribution in [1.29, 1.82) is 0 Å². The minimum Gasteiger partial charge on any atom is -0.388 e. The number of rotatable bonds is 2. The van der Waals surface area contributed by atoms with E-state index < -0.39 is 38.6 Å². The van der Waals surface area contributed by atoms with Crippen LogP contribution in [0.25, 0.3) is 0 Å². The third-order valence-electron chi connectivity index (χ3n) is 2.01. The number of alkyl halides is 1. The van der Waals surface area contributed by atoms with Crippen LogP contribution < -0.4 is 0 Å². The molecule has 1 fully saturated rings. The lowest BCUT2D eigenvalue weighted by molar-refractivity contribution is -0.254. The molecule has 90 valence electrons. The smallest absolute Gasteiger partial charge is 0.388 e. The van der Waals surface area contributed by atoms with E-state index in [1.165, 1.54) is 6.92 Å². The molecule has 0 bridgehead atoms. The number of phosphoric acid groups is 1. The van der Waals surface area contributed by atoms with Gasteiger partial charge in [-0.05, 0) is 6.92 Å². The molecule has 0 aromatic heterocycles. The molecule has 0 amide bonds. The molecule has 0 aliphatic carbocycles. The average molecular weight is 246 g/mol. The van der Waals surface area contributed by atoms with Gasteiger partial charge in [-0.2, -0.15) is 0 Å². The highest BCUT2D eigenvalue weighted by molar-refractivity contribution is 7.46. The Morgan fingerprint density at radius 2 is 1.87 bits per heavy atom. The van der Waals surface area contributed by atoms with Gasteiger partial charge in [0.05, 0.1) is 6.10 Å². The van der Waals surface area contributed by atoms with E-state index in [0.717, 1.165) is 0 Å². The number of hydrogen-bond donors (Lipinski definition) is 4. The van der Waals surface area contributed by atoms with E-state index in [0.29, 0.717) is 0 Å². The minimum atomic E-state index is -4.90. The maximum absolute atomic E-state index is 13.2. The number of halogens is 1. The fraction of sp³-hybridized carbons (Fsp3) is 1.00. The average Bonchev–Trinajstić information content (AvgIpc) is 2.08. The molecule has 1 aliphatic heterocycles. The summed E-state index contributed by atoms with van der Waals surface area (Å²) in [5, 5.41) is 18.3. The molecule has 7 nitrogen and oxygen atoms in total. The number of aliphatic hydroxyl groups is 2. The standard InChI is InChI=1S/C6H12FO7P/c1-2-4(8)5(9)3(7)6(13-2)14-15(10,11)12/h2-6,8-9H,1H3,(H2,10,11,12)/t2-,3-,4+,5-,6+/m0/s1. The Morgan fingerprint density at radius 1 is 1.33 bits per heavy atom. The first-order valence-corrected chi connectivity index (χ1v) is 5.65. The molecule has 1 saturated heterocycles. The first-order chi connectivity index (χ1) is 6.72. The molecule has 0 aromatic carbocycles. The van der Waals surface area contributed by atoms with E-state index >= 15 is 0 Å². The predicted molar refractivity (Wildman–Crippen MR) is 44.4 cm³/mol. The SMILES string of the molecule is C[C@@H]1O[C@H](OP(=O)(O)O)[C@@H](F)[C@H](O)[C@@H]1O. The Bertz CT molecular complexity index is 268. The summed E-state index contributed by atoms with van der Waals surface area (Å²) in [6.07, 6.45) is -8.35. The van der Waals surface area contributed by atoms with E-state index in [9.17, 15) is 8.96 Å². The lowest BCUT2D eigenvalue weighted by atomic mass is 10.0. The van der Waals surface area contributed by atoms with Crippen LogP contribution in [-0.2, 0) is 13.8 Å². The summed E-state index contributed by atoms with van der Waals surface area (Å²) < 4.78 is 32.2. The van der Waals surface area contributed by atoms with E-state index in [1.54, 1.807) is 0 Å². The topological polar surface area (TPSA) is 116 Å². The zero-order valence-electron chi connectivity index (χ0n) is 7.73. The van der Waals surface area contributed by atoms with Crippen molar-refractivity contribution in [2.75, 3.05) is 0 Å². The van der Waals surface area contributed by atoms with Gasteiger partial charge < -0.3 is 24.7 Å². The van der Waals surface area contributed by atoms with Gasteiger partial charge in [0.25, 0.3) is 0 Å². The van der Waals surface area contributed by atoms with Gasteiger partial charge in [0.2, 0.25) is 6.29 Å². The number of phosphoric ester groups is 1. The van der Waals surface area contributed by atoms with Crippen LogP contribution in [0.2, 0.25) is 0 Å². The Hall–Kier alpha value is -0.0800. The molecule has 4 N–H and O–H groups in total. The Balaban J connectivity index is 2.71. The highest BCUT2D eigenvalue weighted by Crippen LogP contribution is 2.41. The first-order valence-electron chi connectivity index (χ1n) is 4.12. The molecule has 0 unspecified atom stereocenters. The predicted octanol–water partition coefficient (Wildman–Crippen LogP) is -1.10. The Labute approximate surface area is 84.7 Å². The fourth-order valence-electron chi connectivity index (χ4n) is 1.21. The summed E-state index contributed by atoms with van der Waals surface area (Å²) >= 11 is 0. The molecule has 0 saturated carbocycles. The van der Waals surface area contributed by atoms with E-state index in [2.05, 4.69) is 9.26 Å². The summed E-state index contributed by atoms with van der Waals surface area (Å²) in [6, 6.07) is 0. The highest BCUT2D eigenvalue weighted by atomic mass is 31.2. The molecule has 5 atom stereocenters. The summed E-state index contributed by atoms with van der Waals surface area (Å²) in [6.45, 7) is 1.32. The van der Waals surface area contributed by atoms with Crippen LogP contribution in [0.5, 0.6) is 0 Å². The molecular weight excluding hydrogens is 234 g/mol. The van der Waals surface area contributed by atoms with Crippen molar-refractivity contribution < 1.29 is 38.2 Å². The molecule has 15 heavy (non-hydrogen) atoms. The third kappa shape index (κ3) is 3.18. The molecule has 1 aliphatic rings. The van der Waals surface area contributed by atoms with Crippen molar-refractivity contribution in [2.45, 2.75) is 37.7 Å². The van der Waals surface area contributed by atoms with Gasteiger partial charge in [-0.1, -0.05) is 0 Å². The van der Waals surface area contributed by atoms with Crippen LogP contribution in [0.3, 0.4) is 0 Å². The van der Waals surface area contributed by atoms with Gasteiger partial charge in [0.15, 0.2) is 6.17 Å². The molecule has 1 heterocycles. The van der Waals surface area contributed by atoms with Gasteiger partial charge in [0.1, 0.15) is 12.2 Å². The van der Waals surface area contributed by atoms with Crippen LogP contribution in [0.1, 0.15) is 6.92 Å². The second-order valence-electron chi connectivity index (χ2n) is 3.23. The van der Waals surface area contributed by atoms with Crippen LogP contribution in [-0.4, -0.2) is 50.8 Å². The number of hydrogen-bond acceptors (Lipinski definition) is 5. The van der Waals surface area contributed by atoms with Gasteiger partial charge in [-0.25, -0.2) is 8.96 Å². The lowest BCUT2D eigenvalue weighted by Gasteiger charge is -2.37. The maximum Gasteiger partial charge on any atom is 0.472 e. The van der Waals surface area contributed by atoms with Crippen molar-refractivity contribution in [2.24, 2.45) is 0 Å². The van der Waals surface area contributed by atoms with Crippen LogP contribution in [0.15, 0.2) is 0 Å². The van der Waals surface area contributed by atoms with E-state index in [1.807, 2.05) is 0 Å². The summed E-state index contributed by atoms with van der Waals surface area (Å²) in [7, 11) is -4.90. The molecule has 0 radical (unpaired) electrons. The summed E-state index contributed by atoms with van der Waals surface area (Å²) in [4.78, 5) is 16.8. The Morgan fingerprint density at radius 3 is 2.33 bits per heavy atom. The molecule has 0 aromatic rings. The van der Waals surface area contributed by atoms with E-state index in [4.69, 9.17) is 20.0 Å². The zero-order valence-corrected chi connectivity index (χ0v) is 8.62. The minimum absolute atomic E-state index is 0.983. The lowest BCUT2D eigenvalue weighted by Crippen LogP contribution is -2.55. The molecule has 9 heteroatoms. The Kier molecular flexibility index (Phi) is 3.83. The normalized spacial score (nSPS) is 42.9. The van der Waals surface area contributed by atoms with Crippen molar-refractivity contribution >= 4 is 7.82 Å². The zero-order chi connectivity index (χ0) is 11.8. The second kappa shape index (κ2) is 4.42. The first kappa shape index (κ1) is 13.0. The summed E-state index contributed by atoms with van der Waals surface area (Å²) in [5.41, 5.74) is 0. The fourth-order valence-corrected chi connectivity index (χ4v) is 1.65. The number of ether oxygens (including phenoxy) is 1. The molecule has 0 spiro atoms. The summed E-state index contributed by atoms with van der Waals surface area (Å²) in [5.74, 6) is 0. The molecular formula is C6H12FO7P. The van der Waals surface area contributed by atoms with Crippen LogP contribution >= 0.6 is 7.82 Å². The monoisotopic (exact) mass is 246 g/mol. The van der Waals surface area contributed by atoms with Crippen LogP contribution in [0.4, 0.5) is 4.39 Å². The highest BCUT2D eigenvalue weighted by Gasteiger charge is 2.46. The molecule has 1 rings (SSSR count). The van der Waals surface area contributed by atoms with Gasteiger partial charge >= 0.3 is 7.82 Å². The quantitative estimate of drug-likeness (QED) is 0.457. The third-order valence-corrected chi connectivity index (χ3v) is 2.49. The maximum atomic E-state index is 13.2. The van der Waals surface area contributed by atoms with Crippen molar-refractivity contribution in [1.82, 2.24) is 0 Å². The van der Waals surface area contributed by atoms with Crippen molar-refractivity contribution in [3.05, 3.63) is 0 Å². The second-order valence-corrected chi connectivity index (χ2v) is 4.42. The van der Waals surface area contributed by atoms with E-state index in [-0.39, 0.29) is 0 Å². The van der Waals surface area contributed by atoms with Crippen molar-refractivity contribution in [3.63, 3.8) is 0 Å². The largest absolute Gasteiger partial charge is 0.472 e. The van der Waals surface area contributed by atoms with Gasteiger partial charge in [-0.3, -0.25) is 4.52 Å². The number of aliphatic hydroxyl groups excluding tert-OH is 2. The van der Waals surface area contributed by atoms with Crippen LogP contribution in [0, 0.1) is 0 Å². The van der Waals surface area contributed by atoms with Gasteiger partial charge in [0, 0.05) is 0 Å². The van der Waals surface area contributed by atoms with Crippen molar-refractivity contribution in [3.8, 4) is 0 Å². The van der Waals surface area contributed by atoms with Gasteiger partial charge in [-0.15, -0.1) is 0 Å².